The molecule has 0 fully saturated rings. The van der Waals surface area contributed by atoms with Crippen molar-refractivity contribution in [1.82, 2.24) is 4.90 Å². The van der Waals surface area contributed by atoms with E-state index in [0.29, 0.717) is 6.54 Å². The third kappa shape index (κ3) is 3.95. The summed E-state index contributed by atoms with van der Waals surface area (Å²) in [5.74, 6) is -0.0206. The standard InChI is InChI=1S/C19H21N3O/c1-2-3-11-22(12-10-20)19(23)13-15-8-9-16(14-21)18-7-5-4-6-17(15)18/h4-9,14,21H,2-3,11-13H2,1H3. The van der Waals surface area contributed by atoms with Gasteiger partial charge in [-0.25, -0.2) is 0 Å². The Hall–Kier alpha value is -2.67. The predicted octanol–water partition coefficient (Wildman–Crippen LogP) is 3.53. The van der Waals surface area contributed by atoms with E-state index in [1.807, 2.05) is 36.4 Å². The maximum atomic E-state index is 12.5. The zero-order chi connectivity index (χ0) is 16.7. The molecule has 0 heterocycles. The Balaban J connectivity index is 2.29. The zero-order valence-corrected chi connectivity index (χ0v) is 13.4. The Kier molecular flexibility index (Phi) is 5.87. The van der Waals surface area contributed by atoms with Gasteiger partial charge in [0.25, 0.3) is 0 Å². The molecular formula is C19H21N3O. The first-order valence-corrected chi connectivity index (χ1v) is 7.87. The molecule has 2 rings (SSSR count). The fourth-order valence-corrected chi connectivity index (χ4v) is 2.67. The molecule has 0 aliphatic heterocycles. The van der Waals surface area contributed by atoms with E-state index >= 15 is 0 Å². The molecule has 2 aromatic carbocycles. The number of benzene rings is 2. The first-order valence-electron chi connectivity index (χ1n) is 7.87. The van der Waals surface area contributed by atoms with Crippen LogP contribution in [0.5, 0.6) is 0 Å². The van der Waals surface area contributed by atoms with E-state index in [0.717, 1.165) is 34.7 Å². The van der Waals surface area contributed by atoms with Gasteiger partial charge in [0.1, 0.15) is 6.54 Å². The van der Waals surface area contributed by atoms with Crippen LogP contribution < -0.4 is 0 Å². The summed E-state index contributed by atoms with van der Waals surface area (Å²) in [5.41, 5.74) is 1.78. The molecule has 1 amide bonds. The smallest absolute Gasteiger partial charge is 0.227 e. The first kappa shape index (κ1) is 16.7. The van der Waals surface area contributed by atoms with E-state index in [4.69, 9.17) is 10.7 Å². The van der Waals surface area contributed by atoms with Crippen LogP contribution in [0.25, 0.3) is 10.8 Å². The number of unbranched alkanes of at least 4 members (excludes halogenated alkanes) is 1. The maximum Gasteiger partial charge on any atom is 0.227 e. The number of amides is 1. The maximum absolute atomic E-state index is 12.5. The molecule has 0 spiro atoms. The summed E-state index contributed by atoms with van der Waals surface area (Å²) < 4.78 is 0. The van der Waals surface area contributed by atoms with Gasteiger partial charge in [-0.2, -0.15) is 5.26 Å². The molecule has 2 aromatic rings. The van der Waals surface area contributed by atoms with Gasteiger partial charge < -0.3 is 10.3 Å². The fraction of sp³-hybridized carbons (Fsp3) is 0.316. The average Bonchev–Trinajstić information content (AvgIpc) is 2.58. The molecular weight excluding hydrogens is 286 g/mol. The van der Waals surface area contributed by atoms with Crippen LogP contribution in [-0.2, 0) is 11.2 Å². The van der Waals surface area contributed by atoms with E-state index in [-0.39, 0.29) is 18.9 Å². The largest absolute Gasteiger partial charge is 0.329 e. The van der Waals surface area contributed by atoms with Gasteiger partial charge in [0.15, 0.2) is 0 Å². The van der Waals surface area contributed by atoms with E-state index in [2.05, 4.69) is 13.0 Å². The van der Waals surface area contributed by atoms with Crippen LogP contribution in [0.4, 0.5) is 0 Å². The lowest BCUT2D eigenvalue weighted by Crippen LogP contribution is -2.33. The van der Waals surface area contributed by atoms with Crippen LogP contribution in [0.1, 0.15) is 30.9 Å². The number of nitrogens with one attached hydrogen (secondary N) is 1. The van der Waals surface area contributed by atoms with Crippen molar-refractivity contribution < 1.29 is 4.79 Å². The quantitative estimate of drug-likeness (QED) is 0.628. The summed E-state index contributed by atoms with van der Waals surface area (Å²) in [7, 11) is 0. The van der Waals surface area contributed by atoms with E-state index in [9.17, 15) is 4.79 Å². The summed E-state index contributed by atoms with van der Waals surface area (Å²) in [5, 5.41) is 18.4. The highest BCUT2D eigenvalue weighted by Gasteiger charge is 2.15. The monoisotopic (exact) mass is 307 g/mol. The second-order valence-corrected chi connectivity index (χ2v) is 5.51. The van der Waals surface area contributed by atoms with Crippen LogP contribution in [0.3, 0.4) is 0 Å². The SMILES string of the molecule is CCCCN(CC#N)C(=O)Cc1ccc(C=N)c2ccccc12. The molecule has 0 radical (unpaired) electrons. The van der Waals surface area contributed by atoms with Crippen molar-refractivity contribution in [3.05, 3.63) is 47.5 Å². The number of carbonyl (C=O) groups excluding carboxylic acids is 1. The van der Waals surface area contributed by atoms with Crippen molar-refractivity contribution in [3.63, 3.8) is 0 Å². The van der Waals surface area contributed by atoms with Gasteiger partial charge in [-0.1, -0.05) is 49.7 Å². The molecule has 0 saturated carbocycles. The summed E-state index contributed by atoms with van der Waals surface area (Å²) in [4.78, 5) is 14.2. The van der Waals surface area contributed by atoms with Crippen LogP contribution in [0.15, 0.2) is 36.4 Å². The zero-order valence-electron chi connectivity index (χ0n) is 13.4. The van der Waals surface area contributed by atoms with Gasteiger partial charge in [-0.3, -0.25) is 4.79 Å². The number of carbonyl (C=O) groups is 1. The van der Waals surface area contributed by atoms with Crippen LogP contribution in [0, 0.1) is 16.7 Å². The van der Waals surface area contributed by atoms with Crippen molar-refractivity contribution in [1.29, 1.82) is 10.7 Å². The first-order chi connectivity index (χ1) is 11.2. The Morgan fingerprint density at radius 3 is 2.65 bits per heavy atom. The molecule has 118 valence electrons. The number of hydrogen-bond acceptors (Lipinski definition) is 3. The highest BCUT2D eigenvalue weighted by molar-refractivity contribution is 6.01. The highest BCUT2D eigenvalue weighted by Crippen LogP contribution is 2.22. The number of nitriles is 1. The molecule has 0 aromatic heterocycles. The molecule has 4 heteroatoms. The third-order valence-electron chi connectivity index (χ3n) is 3.94. The van der Waals surface area contributed by atoms with Crippen molar-refractivity contribution in [2.24, 2.45) is 0 Å². The lowest BCUT2D eigenvalue weighted by Gasteiger charge is -2.20. The van der Waals surface area contributed by atoms with Gasteiger partial charge in [0.2, 0.25) is 5.91 Å². The summed E-state index contributed by atoms with van der Waals surface area (Å²) in [6.07, 6.45) is 3.51. The van der Waals surface area contributed by atoms with Gasteiger partial charge in [0.05, 0.1) is 12.5 Å². The fourth-order valence-electron chi connectivity index (χ4n) is 2.67. The van der Waals surface area contributed by atoms with Gasteiger partial charge in [-0.15, -0.1) is 0 Å². The molecule has 0 aliphatic carbocycles. The molecule has 0 saturated heterocycles. The Morgan fingerprint density at radius 1 is 1.26 bits per heavy atom. The second-order valence-electron chi connectivity index (χ2n) is 5.51. The summed E-state index contributed by atoms with van der Waals surface area (Å²) in [6.45, 7) is 2.83. The second kappa shape index (κ2) is 8.09. The van der Waals surface area contributed by atoms with Gasteiger partial charge >= 0.3 is 0 Å². The van der Waals surface area contributed by atoms with Crippen molar-refractivity contribution in [3.8, 4) is 6.07 Å². The highest BCUT2D eigenvalue weighted by atomic mass is 16.2. The van der Waals surface area contributed by atoms with E-state index in [1.54, 1.807) is 4.90 Å². The lowest BCUT2D eigenvalue weighted by atomic mass is 9.98. The van der Waals surface area contributed by atoms with Crippen molar-refractivity contribution >= 4 is 22.9 Å². The van der Waals surface area contributed by atoms with E-state index in [1.165, 1.54) is 6.21 Å². The molecule has 4 nitrogen and oxygen atoms in total. The number of nitrogens with zero attached hydrogens (tertiary/aromatic N) is 2. The third-order valence-corrected chi connectivity index (χ3v) is 3.94. The van der Waals surface area contributed by atoms with E-state index < -0.39 is 0 Å². The van der Waals surface area contributed by atoms with Crippen LogP contribution in [0.2, 0.25) is 0 Å². The minimum atomic E-state index is -0.0206. The Morgan fingerprint density at radius 2 is 2.00 bits per heavy atom. The average molecular weight is 307 g/mol. The lowest BCUT2D eigenvalue weighted by molar-refractivity contribution is -0.129. The van der Waals surface area contributed by atoms with Crippen LogP contribution >= 0.6 is 0 Å². The molecule has 0 bridgehead atoms. The predicted molar refractivity (Wildman–Crippen MR) is 92.6 cm³/mol. The van der Waals surface area contributed by atoms with Crippen molar-refractivity contribution in [2.75, 3.05) is 13.1 Å². The molecule has 0 aliphatic rings. The normalized spacial score (nSPS) is 10.3. The molecule has 1 N–H and O–H groups in total. The summed E-state index contributed by atoms with van der Waals surface area (Å²) >= 11 is 0. The Bertz CT molecular complexity index is 746. The minimum Gasteiger partial charge on any atom is -0.329 e. The van der Waals surface area contributed by atoms with Crippen LogP contribution in [-0.4, -0.2) is 30.1 Å². The topological polar surface area (TPSA) is 68.0 Å². The Labute approximate surface area is 136 Å². The minimum absolute atomic E-state index is 0.0206. The molecule has 0 atom stereocenters. The molecule has 0 unspecified atom stereocenters. The van der Waals surface area contributed by atoms with Gasteiger partial charge in [0, 0.05) is 12.8 Å². The number of fused-ring (bicyclic) bond motifs is 1. The molecule has 23 heavy (non-hydrogen) atoms. The number of rotatable bonds is 7. The summed E-state index contributed by atoms with van der Waals surface area (Å²) in [6, 6.07) is 13.7. The van der Waals surface area contributed by atoms with Gasteiger partial charge in [-0.05, 0) is 28.3 Å². The number of hydrogen-bond donors (Lipinski definition) is 1. The van der Waals surface area contributed by atoms with Crippen molar-refractivity contribution in [2.45, 2.75) is 26.2 Å².